The summed E-state index contributed by atoms with van der Waals surface area (Å²) in [5.41, 5.74) is 2.91. The van der Waals surface area contributed by atoms with E-state index in [0.29, 0.717) is 18.8 Å². The van der Waals surface area contributed by atoms with Gasteiger partial charge in [0.1, 0.15) is 0 Å². The molecule has 1 aliphatic carbocycles. The number of carbonyl (C=O) groups excluding carboxylic acids is 1. The minimum Gasteiger partial charge on any atom is -0.346 e. The first kappa shape index (κ1) is 14.3. The van der Waals surface area contributed by atoms with Crippen molar-refractivity contribution in [1.29, 1.82) is 0 Å². The smallest absolute Gasteiger partial charge is 0.251 e. The number of rotatable bonds is 3. The number of hydrogen-bond donors (Lipinski definition) is 1. The Balaban J connectivity index is 1.69. The van der Waals surface area contributed by atoms with Crippen LogP contribution in [-0.4, -0.2) is 25.2 Å². The summed E-state index contributed by atoms with van der Waals surface area (Å²) < 4.78 is 10.9. The largest absolute Gasteiger partial charge is 0.346 e. The highest BCUT2D eigenvalue weighted by atomic mass is 16.7. The van der Waals surface area contributed by atoms with E-state index < -0.39 is 0 Å². The van der Waals surface area contributed by atoms with Gasteiger partial charge in [-0.1, -0.05) is 23.8 Å². The molecule has 1 aliphatic heterocycles. The SMILES string of the molecule is CC1=CC(NC(=O)c2cccc(C3OCCO3)c2)CCC1. The molecule has 1 N–H and O–H groups in total. The van der Waals surface area contributed by atoms with Crippen LogP contribution in [-0.2, 0) is 9.47 Å². The number of nitrogens with one attached hydrogen (secondary N) is 1. The van der Waals surface area contributed by atoms with Gasteiger partial charge in [-0.2, -0.15) is 0 Å². The van der Waals surface area contributed by atoms with Crippen LogP contribution < -0.4 is 5.32 Å². The molecule has 1 saturated heterocycles. The van der Waals surface area contributed by atoms with Crippen LogP contribution in [0.5, 0.6) is 0 Å². The molecule has 1 aromatic rings. The van der Waals surface area contributed by atoms with Crippen molar-refractivity contribution in [3.8, 4) is 0 Å². The van der Waals surface area contributed by atoms with Crippen molar-refractivity contribution in [3.05, 3.63) is 47.0 Å². The Morgan fingerprint density at radius 3 is 2.86 bits per heavy atom. The molecule has 0 aromatic heterocycles. The van der Waals surface area contributed by atoms with E-state index in [1.54, 1.807) is 0 Å². The van der Waals surface area contributed by atoms with Gasteiger partial charge in [0, 0.05) is 17.2 Å². The Morgan fingerprint density at radius 2 is 2.10 bits per heavy atom. The molecule has 1 atom stereocenters. The second-order valence-corrected chi connectivity index (χ2v) is 5.68. The molecule has 1 fully saturated rings. The van der Waals surface area contributed by atoms with E-state index in [1.807, 2.05) is 24.3 Å². The monoisotopic (exact) mass is 287 g/mol. The molecular weight excluding hydrogens is 266 g/mol. The summed E-state index contributed by atoms with van der Waals surface area (Å²) in [7, 11) is 0. The highest BCUT2D eigenvalue weighted by Crippen LogP contribution is 2.24. The zero-order valence-electron chi connectivity index (χ0n) is 12.3. The zero-order valence-corrected chi connectivity index (χ0v) is 12.3. The quantitative estimate of drug-likeness (QED) is 0.869. The van der Waals surface area contributed by atoms with E-state index in [0.717, 1.165) is 24.8 Å². The number of amides is 1. The Morgan fingerprint density at radius 1 is 1.29 bits per heavy atom. The van der Waals surface area contributed by atoms with E-state index >= 15 is 0 Å². The van der Waals surface area contributed by atoms with Gasteiger partial charge in [-0.3, -0.25) is 4.79 Å². The van der Waals surface area contributed by atoms with Crippen LogP contribution in [0.4, 0.5) is 0 Å². The van der Waals surface area contributed by atoms with E-state index in [9.17, 15) is 4.79 Å². The number of carbonyl (C=O) groups is 1. The normalized spacial score (nSPS) is 22.9. The van der Waals surface area contributed by atoms with E-state index in [-0.39, 0.29) is 18.2 Å². The summed E-state index contributed by atoms with van der Waals surface area (Å²) in [5, 5.41) is 3.09. The van der Waals surface area contributed by atoms with Crippen LogP contribution in [0.2, 0.25) is 0 Å². The molecule has 2 aliphatic rings. The van der Waals surface area contributed by atoms with Gasteiger partial charge in [0.25, 0.3) is 5.91 Å². The maximum absolute atomic E-state index is 12.4. The van der Waals surface area contributed by atoms with Gasteiger partial charge in [0.15, 0.2) is 6.29 Å². The molecule has 0 radical (unpaired) electrons. The molecule has 4 heteroatoms. The summed E-state index contributed by atoms with van der Waals surface area (Å²) in [5.74, 6) is -0.0363. The molecule has 1 amide bonds. The standard InChI is InChI=1S/C17H21NO3/c1-12-4-2-7-15(10-12)18-16(19)13-5-3-6-14(11-13)17-20-8-9-21-17/h3,5-6,10-11,15,17H,2,4,7-9H2,1H3,(H,18,19). The van der Waals surface area contributed by atoms with E-state index in [2.05, 4.69) is 18.3 Å². The predicted molar refractivity (Wildman–Crippen MR) is 79.9 cm³/mol. The maximum Gasteiger partial charge on any atom is 0.251 e. The molecule has 1 aromatic carbocycles. The third-order valence-electron chi connectivity index (χ3n) is 3.93. The predicted octanol–water partition coefficient (Wildman–Crippen LogP) is 2.96. The highest BCUT2D eigenvalue weighted by Gasteiger charge is 2.20. The molecular formula is C17H21NO3. The van der Waals surface area contributed by atoms with Crippen molar-refractivity contribution in [1.82, 2.24) is 5.32 Å². The van der Waals surface area contributed by atoms with E-state index in [1.165, 1.54) is 5.57 Å². The minimum atomic E-state index is -0.338. The first-order valence-electron chi connectivity index (χ1n) is 7.54. The lowest BCUT2D eigenvalue weighted by Gasteiger charge is -2.21. The lowest BCUT2D eigenvalue weighted by atomic mass is 9.96. The summed E-state index contributed by atoms with van der Waals surface area (Å²) in [6, 6.07) is 7.63. The van der Waals surface area contributed by atoms with Gasteiger partial charge in [-0.15, -0.1) is 0 Å². The lowest BCUT2D eigenvalue weighted by Crippen LogP contribution is -2.34. The second kappa shape index (κ2) is 6.41. The molecule has 1 unspecified atom stereocenters. The zero-order chi connectivity index (χ0) is 14.7. The van der Waals surface area contributed by atoms with Crippen LogP contribution in [0.15, 0.2) is 35.9 Å². The second-order valence-electron chi connectivity index (χ2n) is 5.68. The fraction of sp³-hybridized carbons (Fsp3) is 0.471. The topological polar surface area (TPSA) is 47.6 Å². The molecule has 0 saturated carbocycles. The van der Waals surface area contributed by atoms with Gasteiger partial charge in [-0.05, 0) is 38.3 Å². The van der Waals surface area contributed by atoms with Gasteiger partial charge in [-0.25, -0.2) is 0 Å². The van der Waals surface area contributed by atoms with Crippen molar-refractivity contribution in [2.24, 2.45) is 0 Å². The summed E-state index contributed by atoms with van der Waals surface area (Å²) in [6.07, 6.45) is 5.11. The lowest BCUT2D eigenvalue weighted by molar-refractivity contribution is -0.0441. The van der Waals surface area contributed by atoms with Gasteiger partial charge >= 0.3 is 0 Å². The first-order chi connectivity index (χ1) is 10.2. The Hall–Kier alpha value is -1.65. The van der Waals surface area contributed by atoms with Crippen LogP contribution in [0.3, 0.4) is 0 Å². The summed E-state index contributed by atoms with van der Waals surface area (Å²) in [6.45, 7) is 3.33. The summed E-state index contributed by atoms with van der Waals surface area (Å²) >= 11 is 0. The molecule has 3 rings (SSSR count). The molecule has 112 valence electrons. The fourth-order valence-corrected chi connectivity index (χ4v) is 2.85. The van der Waals surface area contributed by atoms with Crippen molar-refractivity contribution < 1.29 is 14.3 Å². The molecule has 0 spiro atoms. The van der Waals surface area contributed by atoms with Crippen molar-refractivity contribution in [2.75, 3.05) is 13.2 Å². The highest BCUT2D eigenvalue weighted by molar-refractivity contribution is 5.94. The average molecular weight is 287 g/mol. The molecule has 21 heavy (non-hydrogen) atoms. The number of ether oxygens (including phenoxy) is 2. The van der Waals surface area contributed by atoms with Crippen LogP contribution in [0, 0.1) is 0 Å². The third-order valence-corrected chi connectivity index (χ3v) is 3.93. The molecule has 1 heterocycles. The number of hydrogen-bond acceptors (Lipinski definition) is 3. The third kappa shape index (κ3) is 3.52. The van der Waals surface area contributed by atoms with Gasteiger partial charge < -0.3 is 14.8 Å². The molecule has 0 bridgehead atoms. The number of benzene rings is 1. The Bertz CT molecular complexity index is 547. The molecule has 4 nitrogen and oxygen atoms in total. The van der Waals surface area contributed by atoms with Crippen LogP contribution >= 0.6 is 0 Å². The summed E-state index contributed by atoms with van der Waals surface area (Å²) in [4.78, 5) is 12.4. The maximum atomic E-state index is 12.4. The van der Waals surface area contributed by atoms with Gasteiger partial charge in [0.05, 0.1) is 13.2 Å². The van der Waals surface area contributed by atoms with Crippen molar-refractivity contribution >= 4 is 5.91 Å². The van der Waals surface area contributed by atoms with Crippen LogP contribution in [0.25, 0.3) is 0 Å². The fourth-order valence-electron chi connectivity index (χ4n) is 2.85. The van der Waals surface area contributed by atoms with Crippen LogP contribution in [0.1, 0.15) is 48.4 Å². The van der Waals surface area contributed by atoms with E-state index in [4.69, 9.17) is 9.47 Å². The Labute approximate surface area is 125 Å². The van der Waals surface area contributed by atoms with Gasteiger partial charge in [0.2, 0.25) is 0 Å². The number of allylic oxidation sites excluding steroid dienone is 1. The van der Waals surface area contributed by atoms with Crippen molar-refractivity contribution in [3.63, 3.8) is 0 Å². The first-order valence-corrected chi connectivity index (χ1v) is 7.54. The minimum absolute atomic E-state index is 0.0363. The van der Waals surface area contributed by atoms with Crippen molar-refractivity contribution in [2.45, 2.75) is 38.5 Å². The Kier molecular flexibility index (Phi) is 4.36. The average Bonchev–Trinajstić information content (AvgIpc) is 3.02.